The van der Waals surface area contributed by atoms with Crippen LogP contribution in [0, 0.1) is 17.0 Å². The zero-order valence-electron chi connectivity index (χ0n) is 16.5. The van der Waals surface area contributed by atoms with E-state index in [1.54, 1.807) is 17.2 Å². The molecule has 3 aliphatic heterocycles. The van der Waals surface area contributed by atoms with E-state index < -0.39 is 11.6 Å². The third kappa shape index (κ3) is 4.05. The zero-order chi connectivity index (χ0) is 21.1. The van der Waals surface area contributed by atoms with Crippen molar-refractivity contribution >= 4 is 18.1 Å². The van der Waals surface area contributed by atoms with Gasteiger partial charge in [0.15, 0.2) is 5.82 Å². The molecule has 2 fully saturated rings. The molecule has 0 radical (unpaired) electrons. The van der Waals surface area contributed by atoms with Crippen LogP contribution in [0.2, 0.25) is 0 Å². The molecule has 0 saturated carbocycles. The molecule has 9 heteroatoms. The summed E-state index contributed by atoms with van der Waals surface area (Å²) in [4.78, 5) is 20.6. The number of hydrogen-bond acceptors (Lipinski definition) is 5. The number of likely N-dealkylation sites (tertiary alicyclic amines) is 2. The second-order valence-corrected chi connectivity index (χ2v) is 7.50. The number of carbonyl (C=O) groups is 1. The van der Waals surface area contributed by atoms with E-state index in [9.17, 15) is 13.6 Å². The van der Waals surface area contributed by atoms with E-state index in [2.05, 4.69) is 15.6 Å². The van der Waals surface area contributed by atoms with Gasteiger partial charge in [-0.2, -0.15) is 0 Å². The minimum atomic E-state index is -0.475. The van der Waals surface area contributed by atoms with Crippen molar-refractivity contribution in [3.63, 3.8) is 0 Å². The standard InChI is InChI=1S/C21H24F2N6O/c22-14-5-6-16(23)15(12-14)18-4-3-11-29(18)19-7-8-25-20(27-19)17(13-24)26-21(30)28-9-1-2-10-28/h5-8,12-13,18,24-25H,1-4,9-11H2,(H,26,30)/b20-17-,24-13?. The predicted octanol–water partition coefficient (Wildman–Crippen LogP) is 3.24. The summed E-state index contributed by atoms with van der Waals surface area (Å²) >= 11 is 0. The number of amides is 2. The van der Waals surface area contributed by atoms with Crippen molar-refractivity contribution in [1.82, 2.24) is 20.4 Å². The third-order valence-electron chi connectivity index (χ3n) is 5.58. The second kappa shape index (κ2) is 8.64. The summed E-state index contributed by atoms with van der Waals surface area (Å²) in [7, 11) is 0. The van der Waals surface area contributed by atoms with Crippen LogP contribution in [0.1, 0.15) is 37.3 Å². The minimum Gasteiger partial charge on any atom is -0.349 e. The number of halogens is 2. The quantitative estimate of drug-likeness (QED) is 0.664. The predicted molar refractivity (Wildman–Crippen MR) is 110 cm³/mol. The number of hydrogen-bond donors (Lipinski definition) is 3. The molecule has 7 nitrogen and oxygen atoms in total. The van der Waals surface area contributed by atoms with Crippen molar-refractivity contribution in [1.29, 1.82) is 5.41 Å². The summed E-state index contributed by atoms with van der Waals surface area (Å²) in [5.41, 5.74) is 0.559. The largest absolute Gasteiger partial charge is 0.349 e. The molecule has 0 aliphatic carbocycles. The van der Waals surface area contributed by atoms with Crippen LogP contribution in [-0.4, -0.2) is 47.5 Å². The summed E-state index contributed by atoms with van der Waals surface area (Å²) in [6.07, 6.45) is 7.92. The topological polar surface area (TPSA) is 83.8 Å². The molecule has 0 spiro atoms. The third-order valence-corrected chi connectivity index (χ3v) is 5.58. The van der Waals surface area contributed by atoms with Gasteiger partial charge in [0.2, 0.25) is 0 Å². The number of nitrogens with zero attached hydrogens (tertiary/aromatic N) is 3. The van der Waals surface area contributed by atoms with Crippen molar-refractivity contribution in [3.05, 3.63) is 59.2 Å². The van der Waals surface area contributed by atoms with Crippen LogP contribution < -0.4 is 10.6 Å². The number of allylic oxidation sites excluding steroid dienone is 1. The lowest BCUT2D eigenvalue weighted by Gasteiger charge is -2.29. The van der Waals surface area contributed by atoms with Crippen molar-refractivity contribution in [3.8, 4) is 0 Å². The molecule has 30 heavy (non-hydrogen) atoms. The molecule has 2 saturated heterocycles. The normalized spacial score (nSPS) is 22.6. The summed E-state index contributed by atoms with van der Waals surface area (Å²) in [5, 5.41) is 13.4. The summed E-state index contributed by atoms with van der Waals surface area (Å²) in [6.45, 7) is 2.04. The Bertz CT molecular complexity index is 935. The van der Waals surface area contributed by atoms with Crippen LogP contribution in [-0.2, 0) is 0 Å². The molecule has 2 amide bonds. The number of carbonyl (C=O) groups excluding carboxylic acids is 1. The highest BCUT2D eigenvalue weighted by molar-refractivity contribution is 5.96. The van der Waals surface area contributed by atoms with Crippen molar-refractivity contribution in [2.24, 2.45) is 4.99 Å². The van der Waals surface area contributed by atoms with Gasteiger partial charge in [0, 0.05) is 37.6 Å². The van der Waals surface area contributed by atoms with E-state index in [0.717, 1.165) is 37.6 Å². The van der Waals surface area contributed by atoms with Gasteiger partial charge in [-0.1, -0.05) is 0 Å². The molecular formula is C21H24F2N6O. The molecule has 1 unspecified atom stereocenters. The van der Waals surface area contributed by atoms with Crippen LogP contribution in [0.15, 0.2) is 47.0 Å². The Labute approximate surface area is 173 Å². The van der Waals surface area contributed by atoms with E-state index >= 15 is 0 Å². The van der Waals surface area contributed by atoms with Gasteiger partial charge >= 0.3 is 6.03 Å². The van der Waals surface area contributed by atoms with Crippen molar-refractivity contribution in [2.75, 3.05) is 19.6 Å². The number of amidine groups is 1. The number of aliphatic imine (C=N–C) groups is 1. The molecule has 1 aromatic carbocycles. The molecular weight excluding hydrogens is 390 g/mol. The average Bonchev–Trinajstić information content (AvgIpc) is 3.46. The van der Waals surface area contributed by atoms with Gasteiger partial charge in [0.1, 0.15) is 23.2 Å². The van der Waals surface area contributed by atoms with Crippen molar-refractivity contribution < 1.29 is 13.6 Å². The van der Waals surface area contributed by atoms with Gasteiger partial charge in [0.25, 0.3) is 0 Å². The fourth-order valence-corrected chi connectivity index (χ4v) is 4.09. The average molecular weight is 414 g/mol. The highest BCUT2D eigenvalue weighted by atomic mass is 19.1. The number of nitrogens with one attached hydrogen (secondary N) is 3. The maximum atomic E-state index is 14.4. The minimum absolute atomic E-state index is 0.251. The lowest BCUT2D eigenvalue weighted by atomic mass is 10.0. The van der Waals surface area contributed by atoms with Crippen LogP contribution >= 0.6 is 0 Å². The zero-order valence-corrected chi connectivity index (χ0v) is 16.5. The smallest absolute Gasteiger partial charge is 0.321 e. The summed E-state index contributed by atoms with van der Waals surface area (Å²) < 4.78 is 28.1. The maximum absolute atomic E-state index is 14.4. The van der Waals surface area contributed by atoms with Gasteiger partial charge in [-0.15, -0.1) is 0 Å². The monoisotopic (exact) mass is 414 g/mol. The van der Waals surface area contributed by atoms with Crippen LogP contribution in [0.3, 0.4) is 0 Å². The van der Waals surface area contributed by atoms with E-state index in [4.69, 9.17) is 5.41 Å². The lowest BCUT2D eigenvalue weighted by Crippen LogP contribution is -2.39. The molecule has 4 rings (SSSR count). The summed E-state index contributed by atoms with van der Waals surface area (Å²) in [6, 6.07) is 2.91. The van der Waals surface area contributed by atoms with Gasteiger partial charge in [-0.3, -0.25) is 0 Å². The molecule has 3 N–H and O–H groups in total. The van der Waals surface area contributed by atoms with E-state index in [1.165, 1.54) is 6.07 Å². The molecule has 0 aromatic heterocycles. The molecule has 1 atom stereocenters. The highest BCUT2D eigenvalue weighted by Gasteiger charge is 2.31. The molecule has 3 heterocycles. The molecule has 3 aliphatic rings. The SMILES string of the molecule is N=C/C(NC(=O)N1CCCC1)=C1/N=C(N2CCCC2c2cc(F)ccc2F)C=CN1. The van der Waals surface area contributed by atoms with Crippen LogP contribution in [0.25, 0.3) is 0 Å². The van der Waals surface area contributed by atoms with Gasteiger partial charge < -0.3 is 25.8 Å². The molecule has 1 aromatic rings. The molecule has 0 bridgehead atoms. The number of urea groups is 1. The van der Waals surface area contributed by atoms with Crippen molar-refractivity contribution in [2.45, 2.75) is 31.7 Å². The first-order valence-electron chi connectivity index (χ1n) is 10.1. The Morgan fingerprint density at radius 2 is 2.03 bits per heavy atom. The number of rotatable bonds is 3. The molecule has 158 valence electrons. The van der Waals surface area contributed by atoms with Crippen LogP contribution in [0.4, 0.5) is 13.6 Å². The second-order valence-electron chi connectivity index (χ2n) is 7.50. The van der Waals surface area contributed by atoms with Crippen LogP contribution in [0.5, 0.6) is 0 Å². The Morgan fingerprint density at radius 1 is 1.23 bits per heavy atom. The Balaban J connectivity index is 1.59. The fourth-order valence-electron chi connectivity index (χ4n) is 4.09. The van der Waals surface area contributed by atoms with E-state index in [-0.39, 0.29) is 17.8 Å². The summed E-state index contributed by atoms with van der Waals surface area (Å²) in [5.74, 6) is -0.0110. The lowest BCUT2D eigenvalue weighted by molar-refractivity contribution is 0.212. The van der Waals surface area contributed by atoms with Gasteiger partial charge in [-0.05, 0) is 50.0 Å². The fraction of sp³-hybridized carbons (Fsp3) is 0.381. The Kier molecular flexibility index (Phi) is 5.78. The maximum Gasteiger partial charge on any atom is 0.321 e. The first-order valence-corrected chi connectivity index (χ1v) is 10.1. The Morgan fingerprint density at radius 3 is 2.80 bits per heavy atom. The number of benzene rings is 1. The van der Waals surface area contributed by atoms with E-state index in [1.807, 2.05) is 4.90 Å². The van der Waals surface area contributed by atoms with E-state index in [0.29, 0.717) is 43.3 Å². The first-order chi connectivity index (χ1) is 14.6. The van der Waals surface area contributed by atoms with Gasteiger partial charge in [0.05, 0.1) is 6.04 Å². The highest BCUT2D eigenvalue weighted by Crippen LogP contribution is 2.34. The van der Waals surface area contributed by atoms with Gasteiger partial charge in [-0.25, -0.2) is 18.6 Å². The Hall–Kier alpha value is -3.23. The first kappa shape index (κ1) is 20.1.